The van der Waals surface area contributed by atoms with Gasteiger partial charge in [-0.05, 0) is 50.6 Å². The molecule has 2 heterocycles. The van der Waals surface area contributed by atoms with E-state index in [0.29, 0.717) is 5.88 Å². The van der Waals surface area contributed by atoms with Crippen LogP contribution in [0.15, 0.2) is 36.7 Å². The number of benzene rings is 1. The first-order valence-corrected chi connectivity index (χ1v) is 7.07. The molecule has 1 aromatic heterocycles. The number of hydrogen-bond acceptors (Lipinski definition) is 4. The van der Waals surface area contributed by atoms with Gasteiger partial charge >= 0.3 is 0 Å². The Hall–Kier alpha value is -1.94. The summed E-state index contributed by atoms with van der Waals surface area (Å²) >= 11 is 0. The molecule has 0 bridgehead atoms. The van der Waals surface area contributed by atoms with Crippen LogP contribution in [0.4, 0.5) is 0 Å². The molecule has 0 aliphatic carbocycles. The summed E-state index contributed by atoms with van der Waals surface area (Å²) in [6.45, 7) is 5.31. The SMILES string of the molecule is Cc1cncc(Oc2cccc(CN3CCCC3)c2)n1. The zero-order valence-electron chi connectivity index (χ0n) is 11.7. The third kappa shape index (κ3) is 3.33. The minimum atomic E-state index is 0.545. The molecule has 0 N–H and O–H groups in total. The van der Waals surface area contributed by atoms with Crippen LogP contribution in [0.3, 0.4) is 0 Å². The van der Waals surface area contributed by atoms with Crippen molar-refractivity contribution in [2.75, 3.05) is 13.1 Å². The molecule has 3 rings (SSSR count). The fourth-order valence-corrected chi connectivity index (χ4v) is 2.52. The van der Waals surface area contributed by atoms with Gasteiger partial charge in [-0.25, -0.2) is 4.98 Å². The zero-order chi connectivity index (χ0) is 13.8. The van der Waals surface area contributed by atoms with Gasteiger partial charge in [0.1, 0.15) is 5.75 Å². The Morgan fingerprint density at radius 1 is 1.20 bits per heavy atom. The highest BCUT2D eigenvalue weighted by molar-refractivity contribution is 5.31. The smallest absolute Gasteiger partial charge is 0.238 e. The summed E-state index contributed by atoms with van der Waals surface area (Å²) in [5.74, 6) is 1.37. The van der Waals surface area contributed by atoms with Gasteiger partial charge in [0.15, 0.2) is 0 Å². The Morgan fingerprint density at radius 2 is 2.05 bits per heavy atom. The van der Waals surface area contributed by atoms with Crippen LogP contribution in [-0.4, -0.2) is 28.0 Å². The van der Waals surface area contributed by atoms with Crippen LogP contribution in [0.1, 0.15) is 24.1 Å². The maximum atomic E-state index is 5.77. The first kappa shape index (κ1) is 13.1. The molecule has 104 valence electrons. The summed E-state index contributed by atoms with van der Waals surface area (Å²) in [4.78, 5) is 10.9. The second-order valence-electron chi connectivity index (χ2n) is 5.23. The van der Waals surface area contributed by atoms with E-state index < -0.39 is 0 Å². The molecular weight excluding hydrogens is 250 g/mol. The second-order valence-corrected chi connectivity index (χ2v) is 5.23. The Balaban J connectivity index is 1.70. The van der Waals surface area contributed by atoms with Gasteiger partial charge in [0.2, 0.25) is 5.88 Å². The van der Waals surface area contributed by atoms with E-state index in [-0.39, 0.29) is 0 Å². The summed E-state index contributed by atoms with van der Waals surface area (Å²) in [7, 11) is 0. The van der Waals surface area contributed by atoms with Crippen LogP contribution >= 0.6 is 0 Å². The highest BCUT2D eigenvalue weighted by atomic mass is 16.5. The van der Waals surface area contributed by atoms with Crippen molar-refractivity contribution in [2.45, 2.75) is 26.3 Å². The van der Waals surface area contributed by atoms with Gasteiger partial charge in [0, 0.05) is 12.7 Å². The Kier molecular flexibility index (Phi) is 3.92. The Bertz CT molecular complexity index is 579. The molecule has 1 aliphatic rings. The van der Waals surface area contributed by atoms with E-state index in [1.165, 1.54) is 31.5 Å². The first-order chi connectivity index (χ1) is 9.79. The minimum Gasteiger partial charge on any atom is -0.437 e. The minimum absolute atomic E-state index is 0.545. The second kappa shape index (κ2) is 6.01. The van der Waals surface area contributed by atoms with Gasteiger partial charge in [-0.15, -0.1) is 0 Å². The summed E-state index contributed by atoms with van der Waals surface area (Å²) in [6, 6.07) is 8.22. The van der Waals surface area contributed by atoms with Crippen LogP contribution in [-0.2, 0) is 6.54 Å². The number of hydrogen-bond donors (Lipinski definition) is 0. The van der Waals surface area contributed by atoms with E-state index in [9.17, 15) is 0 Å². The van der Waals surface area contributed by atoms with Gasteiger partial charge < -0.3 is 4.74 Å². The molecule has 1 aliphatic heterocycles. The molecule has 2 aromatic rings. The van der Waals surface area contributed by atoms with Crippen LogP contribution in [0, 0.1) is 6.92 Å². The summed E-state index contributed by atoms with van der Waals surface area (Å²) in [5.41, 5.74) is 2.14. The lowest BCUT2D eigenvalue weighted by molar-refractivity contribution is 0.331. The van der Waals surface area contributed by atoms with Crippen LogP contribution < -0.4 is 4.74 Å². The van der Waals surface area contributed by atoms with E-state index in [2.05, 4.69) is 27.0 Å². The topological polar surface area (TPSA) is 38.2 Å². The highest BCUT2D eigenvalue weighted by Crippen LogP contribution is 2.21. The molecule has 0 radical (unpaired) electrons. The van der Waals surface area contributed by atoms with Gasteiger partial charge in [-0.1, -0.05) is 12.1 Å². The number of ether oxygens (including phenoxy) is 1. The number of rotatable bonds is 4. The molecule has 4 nitrogen and oxygen atoms in total. The molecule has 20 heavy (non-hydrogen) atoms. The fraction of sp³-hybridized carbons (Fsp3) is 0.375. The standard InChI is InChI=1S/C16H19N3O/c1-13-10-17-11-16(18-13)20-15-6-4-5-14(9-15)12-19-7-2-3-8-19/h4-6,9-11H,2-3,7-8,12H2,1H3. The molecule has 1 fully saturated rings. The molecule has 0 atom stereocenters. The highest BCUT2D eigenvalue weighted by Gasteiger charge is 2.12. The van der Waals surface area contributed by atoms with Crippen molar-refractivity contribution < 1.29 is 4.74 Å². The number of aryl methyl sites for hydroxylation is 1. The largest absolute Gasteiger partial charge is 0.437 e. The van der Waals surface area contributed by atoms with Gasteiger partial charge in [0.25, 0.3) is 0 Å². The van der Waals surface area contributed by atoms with E-state index in [1.807, 2.05) is 19.1 Å². The van der Waals surface area contributed by atoms with E-state index in [1.54, 1.807) is 12.4 Å². The zero-order valence-corrected chi connectivity index (χ0v) is 11.7. The molecule has 4 heteroatoms. The van der Waals surface area contributed by atoms with Crippen molar-refractivity contribution in [3.05, 3.63) is 47.9 Å². The third-order valence-electron chi connectivity index (χ3n) is 3.46. The predicted molar refractivity (Wildman–Crippen MR) is 77.8 cm³/mol. The molecule has 1 aromatic carbocycles. The molecule has 0 amide bonds. The maximum Gasteiger partial charge on any atom is 0.238 e. The quantitative estimate of drug-likeness (QED) is 0.854. The number of nitrogens with zero attached hydrogens (tertiary/aromatic N) is 3. The number of likely N-dealkylation sites (tertiary alicyclic amines) is 1. The lowest BCUT2D eigenvalue weighted by Gasteiger charge is -2.15. The molecule has 0 spiro atoms. The lowest BCUT2D eigenvalue weighted by atomic mass is 10.2. The van der Waals surface area contributed by atoms with Gasteiger partial charge in [0.05, 0.1) is 11.9 Å². The summed E-state index contributed by atoms with van der Waals surface area (Å²) in [6.07, 6.45) is 5.99. The average Bonchev–Trinajstić information content (AvgIpc) is 2.92. The summed E-state index contributed by atoms with van der Waals surface area (Å²) < 4.78 is 5.77. The van der Waals surface area contributed by atoms with E-state index in [0.717, 1.165) is 18.0 Å². The molecular formula is C16H19N3O. The maximum absolute atomic E-state index is 5.77. The lowest BCUT2D eigenvalue weighted by Crippen LogP contribution is -2.18. The monoisotopic (exact) mass is 269 g/mol. The van der Waals surface area contributed by atoms with Crippen molar-refractivity contribution in [1.82, 2.24) is 14.9 Å². The van der Waals surface area contributed by atoms with Crippen LogP contribution in [0.5, 0.6) is 11.6 Å². The van der Waals surface area contributed by atoms with Crippen molar-refractivity contribution in [1.29, 1.82) is 0 Å². The van der Waals surface area contributed by atoms with Crippen LogP contribution in [0.2, 0.25) is 0 Å². The fourth-order valence-electron chi connectivity index (χ4n) is 2.52. The average molecular weight is 269 g/mol. The normalized spacial score (nSPS) is 15.4. The van der Waals surface area contributed by atoms with Crippen molar-refractivity contribution >= 4 is 0 Å². The van der Waals surface area contributed by atoms with Crippen LogP contribution in [0.25, 0.3) is 0 Å². The number of aromatic nitrogens is 2. The Morgan fingerprint density at radius 3 is 2.85 bits per heavy atom. The van der Waals surface area contributed by atoms with Gasteiger partial charge in [-0.2, -0.15) is 0 Å². The van der Waals surface area contributed by atoms with Gasteiger partial charge in [-0.3, -0.25) is 9.88 Å². The van der Waals surface area contributed by atoms with Crippen molar-refractivity contribution in [3.8, 4) is 11.6 Å². The van der Waals surface area contributed by atoms with Crippen molar-refractivity contribution in [2.24, 2.45) is 0 Å². The van der Waals surface area contributed by atoms with E-state index >= 15 is 0 Å². The first-order valence-electron chi connectivity index (χ1n) is 7.07. The predicted octanol–water partition coefficient (Wildman–Crippen LogP) is 3.17. The van der Waals surface area contributed by atoms with Crippen molar-refractivity contribution in [3.63, 3.8) is 0 Å². The Labute approximate surface area is 119 Å². The third-order valence-corrected chi connectivity index (χ3v) is 3.46. The molecule has 1 saturated heterocycles. The van der Waals surface area contributed by atoms with E-state index in [4.69, 9.17) is 4.74 Å². The molecule has 0 saturated carbocycles. The molecule has 0 unspecified atom stereocenters. The summed E-state index contributed by atoms with van der Waals surface area (Å²) in [5, 5.41) is 0.